The van der Waals surface area contributed by atoms with Crippen LogP contribution < -0.4 is 5.32 Å². The summed E-state index contributed by atoms with van der Waals surface area (Å²) in [5.41, 5.74) is 6.13. The van der Waals surface area contributed by atoms with Crippen molar-refractivity contribution >= 4 is 11.5 Å². The maximum atomic E-state index is 4.52. The molecule has 2 unspecified atom stereocenters. The van der Waals surface area contributed by atoms with Gasteiger partial charge in [-0.25, -0.2) is 0 Å². The first kappa shape index (κ1) is 16.4. The van der Waals surface area contributed by atoms with Gasteiger partial charge >= 0.3 is 0 Å². The van der Waals surface area contributed by atoms with Gasteiger partial charge in [-0.1, -0.05) is 78.0 Å². The average molecular weight is 350 g/mol. The Morgan fingerprint density at radius 2 is 1.44 bits per heavy atom. The number of fused-ring (bicyclic) bond motifs is 1. The monoisotopic (exact) mass is 349 g/mol. The predicted octanol–water partition coefficient (Wildman–Crippen LogP) is 4.87. The van der Waals surface area contributed by atoms with Gasteiger partial charge in [0, 0.05) is 11.5 Å². The fourth-order valence-electron chi connectivity index (χ4n) is 3.70. The van der Waals surface area contributed by atoms with E-state index in [0.29, 0.717) is 0 Å². The lowest BCUT2D eigenvalue weighted by molar-refractivity contribution is 0.294. The molecule has 128 valence electrons. The lowest BCUT2D eigenvalue weighted by atomic mass is 9.73. The highest BCUT2D eigenvalue weighted by Gasteiger charge is 2.44. The number of rotatable bonds is 2. The highest BCUT2D eigenvalue weighted by Crippen LogP contribution is 2.47. The predicted molar refractivity (Wildman–Crippen MR) is 103 cm³/mol. The number of hydrogen-bond donors (Lipinski definition) is 1. The minimum atomic E-state index is -0.112. The molecule has 0 saturated carbocycles. The topological polar surface area (TPSA) is 37.8 Å². The van der Waals surface area contributed by atoms with Crippen molar-refractivity contribution in [1.82, 2.24) is 14.9 Å². The summed E-state index contributed by atoms with van der Waals surface area (Å²) >= 11 is 1.51. The number of aromatic nitrogens is 2. The molecule has 25 heavy (non-hydrogen) atoms. The molecule has 1 aliphatic rings. The van der Waals surface area contributed by atoms with E-state index >= 15 is 0 Å². The van der Waals surface area contributed by atoms with Gasteiger partial charge in [0.2, 0.25) is 0 Å². The summed E-state index contributed by atoms with van der Waals surface area (Å²) in [6.45, 7) is 8.77. The summed E-state index contributed by atoms with van der Waals surface area (Å²) in [4.78, 5) is 1.23. The molecule has 2 aromatic carbocycles. The Hall–Kier alpha value is -2.04. The largest absolute Gasteiger partial charge is 0.298 e. The lowest BCUT2D eigenvalue weighted by Crippen LogP contribution is -2.45. The molecule has 0 saturated heterocycles. The minimum absolute atomic E-state index is 0.112. The van der Waals surface area contributed by atoms with Gasteiger partial charge in [-0.05, 0) is 36.5 Å². The van der Waals surface area contributed by atoms with Crippen LogP contribution in [0.2, 0.25) is 0 Å². The van der Waals surface area contributed by atoms with Gasteiger partial charge in [-0.3, -0.25) is 5.32 Å². The standard InChI is InChI=1S/C21H23N3S/c1-13-5-9-15(10-6-13)17-18-20(23-24-25-18)21(3,4)19(22-17)16-11-7-14(2)8-12-16/h5-12,17,19,22H,1-4H3. The SMILES string of the molecule is Cc1ccc(C2NC(c3ccc(C)cc3)C(C)(C)c3nnsc32)cc1. The molecular formula is C21H23N3S. The molecule has 0 bridgehead atoms. The van der Waals surface area contributed by atoms with E-state index in [4.69, 9.17) is 0 Å². The summed E-state index contributed by atoms with van der Waals surface area (Å²) < 4.78 is 4.29. The van der Waals surface area contributed by atoms with Crippen molar-refractivity contribution in [3.63, 3.8) is 0 Å². The Kier molecular flexibility index (Phi) is 3.97. The highest BCUT2D eigenvalue weighted by atomic mass is 32.1. The molecule has 1 aliphatic heterocycles. The van der Waals surface area contributed by atoms with Crippen molar-refractivity contribution in [2.24, 2.45) is 0 Å². The zero-order valence-electron chi connectivity index (χ0n) is 15.1. The molecule has 4 rings (SSSR count). The van der Waals surface area contributed by atoms with Crippen LogP contribution in [0.4, 0.5) is 0 Å². The van der Waals surface area contributed by atoms with Gasteiger partial charge in [0.1, 0.15) is 0 Å². The van der Waals surface area contributed by atoms with Crippen LogP contribution in [0.5, 0.6) is 0 Å². The maximum absolute atomic E-state index is 4.52. The van der Waals surface area contributed by atoms with E-state index < -0.39 is 0 Å². The molecule has 0 fully saturated rings. The van der Waals surface area contributed by atoms with Crippen molar-refractivity contribution in [2.75, 3.05) is 0 Å². The molecular weight excluding hydrogens is 326 g/mol. The third-order valence-corrected chi connectivity index (χ3v) is 6.05. The van der Waals surface area contributed by atoms with E-state index in [-0.39, 0.29) is 17.5 Å². The first-order chi connectivity index (χ1) is 12.0. The second-order valence-corrected chi connectivity index (χ2v) is 8.35. The van der Waals surface area contributed by atoms with Crippen molar-refractivity contribution < 1.29 is 0 Å². The van der Waals surface area contributed by atoms with Gasteiger partial charge in [-0.15, -0.1) is 5.10 Å². The van der Waals surface area contributed by atoms with Gasteiger partial charge in [-0.2, -0.15) is 0 Å². The second-order valence-electron chi connectivity index (χ2n) is 7.56. The highest BCUT2D eigenvalue weighted by molar-refractivity contribution is 7.05. The van der Waals surface area contributed by atoms with Crippen LogP contribution in [0, 0.1) is 13.8 Å². The van der Waals surface area contributed by atoms with Crippen LogP contribution in [-0.2, 0) is 5.41 Å². The van der Waals surface area contributed by atoms with Crippen molar-refractivity contribution in [3.05, 3.63) is 81.4 Å². The summed E-state index contributed by atoms with van der Waals surface area (Å²) in [5.74, 6) is 0. The van der Waals surface area contributed by atoms with Crippen LogP contribution >= 0.6 is 11.5 Å². The quantitative estimate of drug-likeness (QED) is 0.717. The second kappa shape index (κ2) is 6.04. The van der Waals surface area contributed by atoms with E-state index in [1.165, 1.54) is 38.7 Å². The zero-order chi connectivity index (χ0) is 17.6. The Balaban J connectivity index is 1.82. The van der Waals surface area contributed by atoms with E-state index in [1.54, 1.807) is 0 Å². The van der Waals surface area contributed by atoms with Gasteiger partial charge in [0.15, 0.2) is 0 Å². The summed E-state index contributed by atoms with van der Waals surface area (Å²) in [6.07, 6.45) is 0. The minimum Gasteiger partial charge on any atom is -0.298 e. The Morgan fingerprint density at radius 1 is 0.880 bits per heavy atom. The first-order valence-corrected chi connectivity index (χ1v) is 9.46. The van der Waals surface area contributed by atoms with Crippen molar-refractivity contribution in [2.45, 2.75) is 45.2 Å². The third kappa shape index (κ3) is 2.79. The van der Waals surface area contributed by atoms with Gasteiger partial charge in [0.25, 0.3) is 0 Å². The zero-order valence-corrected chi connectivity index (χ0v) is 15.9. The molecule has 1 aromatic heterocycles. The maximum Gasteiger partial charge on any atom is 0.0882 e. The number of nitrogens with zero attached hydrogens (tertiary/aromatic N) is 2. The molecule has 0 amide bonds. The molecule has 0 spiro atoms. The van der Waals surface area contributed by atoms with E-state index in [0.717, 1.165) is 5.69 Å². The molecule has 1 N–H and O–H groups in total. The fraction of sp³-hybridized carbons (Fsp3) is 0.333. The van der Waals surface area contributed by atoms with Crippen LogP contribution in [0.15, 0.2) is 48.5 Å². The third-order valence-electron chi connectivity index (χ3n) is 5.26. The van der Waals surface area contributed by atoms with Crippen LogP contribution in [0.3, 0.4) is 0 Å². The molecule has 3 aromatic rings. The Bertz CT molecular complexity index is 878. The summed E-state index contributed by atoms with van der Waals surface area (Å²) in [7, 11) is 0. The van der Waals surface area contributed by atoms with E-state index in [2.05, 4.69) is 91.1 Å². The van der Waals surface area contributed by atoms with E-state index in [9.17, 15) is 0 Å². The van der Waals surface area contributed by atoms with Crippen LogP contribution in [-0.4, -0.2) is 9.59 Å². The van der Waals surface area contributed by atoms with Crippen molar-refractivity contribution in [1.29, 1.82) is 0 Å². The average Bonchev–Trinajstić information content (AvgIpc) is 3.08. The van der Waals surface area contributed by atoms with Gasteiger partial charge in [0.05, 0.1) is 16.6 Å². The molecule has 3 nitrogen and oxygen atoms in total. The number of hydrogen-bond acceptors (Lipinski definition) is 4. The first-order valence-electron chi connectivity index (χ1n) is 8.69. The lowest BCUT2D eigenvalue weighted by Gasteiger charge is -2.42. The Morgan fingerprint density at radius 3 is 2.04 bits per heavy atom. The number of nitrogens with one attached hydrogen (secondary N) is 1. The molecule has 0 radical (unpaired) electrons. The molecule has 4 heteroatoms. The van der Waals surface area contributed by atoms with E-state index in [1.807, 2.05) is 0 Å². The molecule has 2 heterocycles. The Labute approximate surface area is 153 Å². The fourth-order valence-corrected chi connectivity index (χ4v) is 4.61. The van der Waals surface area contributed by atoms with Gasteiger partial charge < -0.3 is 0 Å². The summed E-state index contributed by atoms with van der Waals surface area (Å²) in [5, 5.41) is 8.41. The van der Waals surface area contributed by atoms with Crippen molar-refractivity contribution in [3.8, 4) is 0 Å². The molecule has 0 aliphatic carbocycles. The smallest absolute Gasteiger partial charge is 0.0882 e. The number of benzene rings is 2. The van der Waals surface area contributed by atoms with Crippen LogP contribution in [0.25, 0.3) is 0 Å². The van der Waals surface area contributed by atoms with Crippen LogP contribution in [0.1, 0.15) is 58.8 Å². The normalized spacial score (nSPS) is 21.8. The number of aryl methyl sites for hydroxylation is 2. The summed E-state index contributed by atoms with van der Waals surface area (Å²) in [6, 6.07) is 17.9. The molecule has 2 atom stereocenters.